The minimum atomic E-state index is -4.28. The van der Waals surface area contributed by atoms with E-state index in [-0.39, 0.29) is 6.61 Å². The van der Waals surface area contributed by atoms with Crippen LogP contribution in [0.5, 0.6) is 0 Å². The average molecular weight is 356 g/mol. The summed E-state index contributed by atoms with van der Waals surface area (Å²) in [5, 5.41) is 9.41. The van der Waals surface area contributed by atoms with Gasteiger partial charge in [-0.1, -0.05) is 25.0 Å². The van der Waals surface area contributed by atoms with Crippen LogP contribution < -0.4 is 0 Å². The van der Waals surface area contributed by atoms with Crippen molar-refractivity contribution < 1.29 is 18.3 Å². The van der Waals surface area contributed by atoms with E-state index < -0.39 is 11.7 Å². The molecule has 140 valence electrons. The molecule has 1 heterocycles. The second-order valence-electron chi connectivity index (χ2n) is 7.27. The predicted octanol–water partition coefficient (Wildman–Crippen LogP) is 3.52. The molecule has 2 fully saturated rings. The van der Waals surface area contributed by atoms with Gasteiger partial charge in [0.1, 0.15) is 0 Å². The highest BCUT2D eigenvalue weighted by molar-refractivity contribution is 5.24. The predicted molar refractivity (Wildman–Crippen MR) is 91.2 cm³/mol. The van der Waals surface area contributed by atoms with Gasteiger partial charge in [0.05, 0.1) is 5.56 Å². The third kappa shape index (κ3) is 4.74. The number of aliphatic hydroxyl groups excluding tert-OH is 1. The Labute approximate surface area is 147 Å². The van der Waals surface area contributed by atoms with Gasteiger partial charge in [-0.3, -0.25) is 9.80 Å². The van der Waals surface area contributed by atoms with E-state index in [1.807, 2.05) is 0 Å². The van der Waals surface area contributed by atoms with Crippen LogP contribution in [0, 0.1) is 0 Å². The number of hydrogen-bond donors (Lipinski definition) is 1. The molecule has 1 saturated carbocycles. The summed E-state index contributed by atoms with van der Waals surface area (Å²) in [6.45, 7) is 3.63. The van der Waals surface area contributed by atoms with Crippen LogP contribution in [0.4, 0.5) is 13.2 Å². The maximum Gasteiger partial charge on any atom is 0.416 e. The van der Waals surface area contributed by atoms with E-state index in [0.717, 1.165) is 43.8 Å². The molecule has 0 radical (unpaired) electrons. The number of piperazine rings is 1. The Bertz CT molecular complexity index is 541. The van der Waals surface area contributed by atoms with Crippen molar-refractivity contribution >= 4 is 0 Å². The van der Waals surface area contributed by atoms with Gasteiger partial charge in [-0.2, -0.15) is 13.2 Å². The van der Waals surface area contributed by atoms with E-state index in [2.05, 4.69) is 9.80 Å². The normalized spacial score (nSPS) is 24.1. The highest BCUT2D eigenvalue weighted by atomic mass is 19.4. The molecule has 1 N–H and O–H groups in total. The SMILES string of the molecule is OCC[C@@H]1CN(Cc2ccc(C(F)(F)F)cc2)CCN1C1CCCC1. The first-order valence-corrected chi connectivity index (χ1v) is 9.22. The Balaban J connectivity index is 1.60. The lowest BCUT2D eigenvalue weighted by atomic mass is 10.0. The van der Waals surface area contributed by atoms with Gasteiger partial charge in [0.2, 0.25) is 0 Å². The van der Waals surface area contributed by atoms with Crippen LogP contribution in [0.1, 0.15) is 43.2 Å². The van der Waals surface area contributed by atoms with Crippen molar-refractivity contribution in [3.8, 4) is 0 Å². The highest BCUT2D eigenvalue weighted by Crippen LogP contribution is 2.30. The number of rotatable bonds is 5. The molecule has 1 aliphatic heterocycles. The van der Waals surface area contributed by atoms with Crippen molar-refractivity contribution in [2.45, 2.75) is 56.9 Å². The standard InChI is InChI=1S/C19H27F3N2O/c20-19(21,22)16-7-5-15(6-8-16)13-23-10-11-24(17-3-1-2-4-17)18(14-23)9-12-25/h5-8,17-18,25H,1-4,9-14H2/t18-/m1/s1. The van der Waals surface area contributed by atoms with Crippen LogP contribution in [0.25, 0.3) is 0 Å². The monoisotopic (exact) mass is 356 g/mol. The number of halogens is 3. The summed E-state index contributed by atoms with van der Waals surface area (Å²) in [6, 6.07) is 6.46. The first-order valence-electron chi connectivity index (χ1n) is 9.22. The van der Waals surface area contributed by atoms with Crippen molar-refractivity contribution in [2.24, 2.45) is 0 Å². The summed E-state index contributed by atoms with van der Waals surface area (Å²) in [6.07, 6.45) is 1.57. The summed E-state index contributed by atoms with van der Waals surface area (Å²) in [5.41, 5.74) is 0.311. The van der Waals surface area contributed by atoms with Crippen LogP contribution in [-0.2, 0) is 12.7 Å². The van der Waals surface area contributed by atoms with Gasteiger partial charge in [0.15, 0.2) is 0 Å². The Morgan fingerprint density at radius 3 is 2.32 bits per heavy atom. The molecule has 0 spiro atoms. The largest absolute Gasteiger partial charge is 0.416 e. The van der Waals surface area contributed by atoms with Gasteiger partial charge in [-0.25, -0.2) is 0 Å². The van der Waals surface area contributed by atoms with Crippen LogP contribution in [0.3, 0.4) is 0 Å². The Kier molecular flexibility index (Phi) is 6.02. The van der Waals surface area contributed by atoms with Crippen LogP contribution in [-0.4, -0.2) is 53.2 Å². The molecule has 0 unspecified atom stereocenters. The smallest absolute Gasteiger partial charge is 0.396 e. The Morgan fingerprint density at radius 2 is 1.72 bits per heavy atom. The number of aliphatic hydroxyl groups is 1. The third-order valence-corrected chi connectivity index (χ3v) is 5.56. The maximum absolute atomic E-state index is 12.7. The molecular weight excluding hydrogens is 329 g/mol. The van der Waals surface area contributed by atoms with E-state index in [4.69, 9.17) is 0 Å². The van der Waals surface area contributed by atoms with E-state index in [9.17, 15) is 18.3 Å². The molecule has 25 heavy (non-hydrogen) atoms. The molecule has 3 rings (SSSR count). The average Bonchev–Trinajstić information content (AvgIpc) is 3.09. The highest BCUT2D eigenvalue weighted by Gasteiger charge is 2.33. The van der Waals surface area contributed by atoms with Crippen LogP contribution in [0.2, 0.25) is 0 Å². The fraction of sp³-hybridized carbons (Fsp3) is 0.684. The van der Waals surface area contributed by atoms with E-state index in [1.54, 1.807) is 12.1 Å². The second kappa shape index (κ2) is 8.06. The summed E-state index contributed by atoms with van der Waals surface area (Å²) >= 11 is 0. The van der Waals surface area contributed by atoms with Gasteiger partial charge in [0.25, 0.3) is 0 Å². The van der Waals surface area contributed by atoms with E-state index in [0.29, 0.717) is 18.6 Å². The molecule has 1 aromatic rings. The zero-order valence-electron chi connectivity index (χ0n) is 14.5. The lowest BCUT2D eigenvalue weighted by Crippen LogP contribution is -2.55. The third-order valence-electron chi connectivity index (χ3n) is 5.56. The first-order chi connectivity index (χ1) is 12.0. The van der Waals surface area contributed by atoms with E-state index >= 15 is 0 Å². The summed E-state index contributed by atoms with van der Waals surface area (Å²) < 4.78 is 38.0. The Morgan fingerprint density at radius 1 is 1.04 bits per heavy atom. The zero-order valence-corrected chi connectivity index (χ0v) is 14.5. The van der Waals surface area contributed by atoms with Crippen molar-refractivity contribution in [1.29, 1.82) is 0 Å². The molecule has 0 aromatic heterocycles. The topological polar surface area (TPSA) is 26.7 Å². The summed E-state index contributed by atoms with van der Waals surface area (Å²) in [7, 11) is 0. The maximum atomic E-state index is 12.7. The minimum absolute atomic E-state index is 0.183. The fourth-order valence-electron chi connectivity index (χ4n) is 4.26. The van der Waals surface area contributed by atoms with Crippen molar-refractivity contribution in [3.05, 3.63) is 35.4 Å². The summed E-state index contributed by atoms with van der Waals surface area (Å²) in [5.74, 6) is 0. The van der Waals surface area contributed by atoms with E-state index in [1.165, 1.54) is 25.7 Å². The first kappa shape index (κ1) is 18.7. The van der Waals surface area contributed by atoms with Crippen molar-refractivity contribution in [3.63, 3.8) is 0 Å². The number of alkyl halides is 3. The molecule has 2 aliphatic rings. The number of benzene rings is 1. The lowest BCUT2D eigenvalue weighted by molar-refractivity contribution is -0.137. The van der Waals surface area contributed by atoms with Gasteiger partial charge in [-0.05, 0) is 37.0 Å². The molecule has 0 amide bonds. The Hall–Kier alpha value is -1.11. The zero-order chi connectivity index (χ0) is 17.9. The van der Waals surface area contributed by atoms with Gasteiger partial charge in [0, 0.05) is 44.9 Å². The van der Waals surface area contributed by atoms with Crippen LogP contribution >= 0.6 is 0 Å². The minimum Gasteiger partial charge on any atom is -0.396 e. The molecule has 0 bridgehead atoms. The molecule has 1 saturated heterocycles. The number of hydrogen-bond acceptors (Lipinski definition) is 3. The quantitative estimate of drug-likeness (QED) is 0.875. The van der Waals surface area contributed by atoms with Gasteiger partial charge >= 0.3 is 6.18 Å². The van der Waals surface area contributed by atoms with Gasteiger partial charge in [-0.15, -0.1) is 0 Å². The van der Waals surface area contributed by atoms with Gasteiger partial charge < -0.3 is 5.11 Å². The molecule has 3 nitrogen and oxygen atoms in total. The molecular formula is C19H27F3N2O. The van der Waals surface area contributed by atoms with Crippen LogP contribution in [0.15, 0.2) is 24.3 Å². The molecule has 1 atom stereocenters. The van der Waals surface area contributed by atoms with Crippen molar-refractivity contribution in [2.75, 3.05) is 26.2 Å². The lowest BCUT2D eigenvalue weighted by Gasteiger charge is -2.44. The number of nitrogens with zero attached hydrogens (tertiary/aromatic N) is 2. The second-order valence-corrected chi connectivity index (χ2v) is 7.27. The molecule has 1 aromatic carbocycles. The van der Waals surface area contributed by atoms with Crippen molar-refractivity contribution in [1.82, 2.24) is 9.80 Å². The molecule has 1 aliphatic carbocycles. The fourth-order valence-corrected chi connectivity index (χ4v) is 4.26. The summed E-state index contributed by atoms with van der Waals surface area (Å²) in [4.78, 5) is 4.86. The molecule has 6 heteroatoms.